The van der Waals surface area contributed by atoms with Crippen molar-refractivity contribution in [1.82, 2.24) is 0 Å². The van der Waals surface area contributed by atoms with E-state index in [0.29, 0.717) is 31.9 Å². The Labute approximate surface area is 125 Å². The van der Waals surface area contributed by atoms with E-state index < -0.39 is 7.60 Å². The van der Waals surface area contributed by atoms with Gasteiger partial charge in [-0.15, -0.1) is 0 Å². The Morgan fingerprint density at radius 2 is 1.70 bits per heavy atom. The van der Waals surface area contributed by atoms with Gasteiger partial charge in [0.05, 0.1) is 19.4 Å². The molecule has 0 spiro atoms. The molecule has 20 heavy (non-hydrogen) atoms. The number of hydrogen-bond acceptors (Lipinski definition) is 4. The zero-order chi connectivity index (χ0) is 15.3. The third-order valence-electron chi connectivity index (χ3n) is 3.19. The van der Waals surface area contributed by atoms with E-state index in [4.69, 9.17) is 13.8 Å². The molecule has 2 unspecified atom stereocenters. The minimum atomic E-state index is -2.90. The van der Waals surface area contributed by atoms with Crippen LogP contribution in [-0.2, 0) is 18.3 Å². The van der Waals surface area contributed by atoms with Gasteiger partial charge in [0.25, 0.3) is 0 Å². The van der Waals surface area contributed by atoms with Crippen LogP contribution in [0, 0.1) is 5.92 Å². The van der Waals surface area contributed by atoms with E-state index >= 15 is 0 Å². The molecule has 0 saturated heterocycles. The van der Waals surface area contributed by atoms with Gasteiger partial charge in [-0.1, -0.05) is 40.0 Å². The van der Waals surface area contributed by atoms with Gasteiger partial charge < -0.3 is 13.8 Å². The van der Waals surface area contributed by atoms with E-state index in [1.54, 1.807) is 7.11 Å². The van der Waals surface area contributed by atoms with E-state index in [0.717, 1.165) is 38.5 Å². The van der Waals surface area contributed by atoms with Crippen molar-refractivity contribution in [3.05, 3.63) is 0 Å². The summed E-state index contributed by atoms with van der Waals surface area (Å²) in [5, 5.41) is 0. The van der Waals surface area contributed by atoms with Crippen molar-refractivity contribution in [3.63, 3.8) is 0 Å². The fraction of sp³-hybridized carbons (Fsp3) is 1.00. The first-order valence-electron chi connectivity index (χ1n) is 7.95. The van der Waals surface area contributed by atoms with Gasteiger partial charge in [0.15, 0.2) is 0 Å². The molecule has 0 fully saturated rings. The zero-order valence-corrected chi connectivity index (χ0v) is 14.6. The highest BCUT2D eigenvalue weighted by atomic mass is 31.2. The molecule has 0 aromatic heterocycles. The van der Waals surface area contributed by atoms with Crippen LogP contribution >= 0.6 is 7.60 Å². The molecule has 0 aliphatic heterocycles. The van der Waals surface area contributed by atoms with Crippen LogP contribution in [0.4, 0.5) is 0 Å². The molecule has 0 radical (unpaired) electrons. The van der Waals surface area contributed by atoms with Gasteiger partial charge >= 0.3 is 7.60 Å². The van der Waals surface area contributed by atoms with Crippen LogP contribution in [-0.4, -0.2) is 33.1 Å². The highest BCUT2D eigenvalue weighted by Gasteiger charge is 2.24. The molecule has 0 rings (SSSR count). The van der Waals surface area contributed by atoms with E-state index in [-0.39, 0.29) is 0 Å². The number of ether oxygens (including phenoxy) is 1. The lowest BCUT2D eigenvalue weighted by atomic mass is 10.1. The summed E-state index contributed by atoms with van der Waals surface area (Å²) in [6.45, 7) is 8.05. The highest BCUT2D eigenvalue weighted by molar-refractivity contribution is 7.53. The van der Waals surface area contributed by atoms with Crippen LogP contribution in [0.25, 0.3) is 0 Å². The summed E-state index contributed by atoms with van der Waals surface area (Å²) >= 11 is 0. The van der Waals surface area contributed by atoms with Crippen molar-refractivity contribution in [3.8, 4) is 0 Å². The molecule has 2 atom stereocenters. The molecule has 0 aromatic rings. The number of hydrogen-bond donors (Lipinski definition) is 0. The Kier molecular flexibility index (Phi) is 12.9. The molecular formula is C15H33O4P. The summed E-state index contributed by atoms with van der Waals surface area (Å²) in [5.41, 5.74) is 0. The molecule has 5 heteroatoms. The van der Waals surface area contributed by atoms with Crippen molar-refractivity contribution < 1.29 is 18.3 Å². The maximum atomic E-state index is 12.6. The predicted molar refractivity (Wildman–Crippen MR) is 84.5 cm³/mol. The monoisotopic (exact) mass is 308 g/mol. The van der Waals surface area contributed by atoms with Crippen LogP contribution < -0.4 is 0 Å². The summed E-state index contributed by atoms with van der Waals surface area (Å²) in [6.07, 6.45) is 6.54. The molecule has 0 N–H and O–H groups in total. The van der Waals surface area contributed by atoms with Gasteiger partial charge in [-0.2, -0.15) is 0 Å². The molecule has 4 nitrogen and oxygen atoms in total. The zero-order valence-electron chi connectivity index (χ0n) is 13.7. The molecule has 0 saturated carbocycles. The Morgan fingerprint density at radius 3 is 2.30 bits per heavy atom. The molecule has 0 aliphatic rings. The van der Waals surface area contributed by atoms with Gasteiger partial charge in [-0.25, -0.2) is 0 Å². The molecule has 0 bridgehead atoms. The summed E-state index contributed by atoms with van der Waals surface area (Å²) in [7, 11) is -1.21. The van der Waals surface area contributed by atoms with Gasteiger partial charge in [-0.05, 0) is 25.2 Å². The standard InChI is InChI=1S/C15H33O4P/c1-5-7-9-11-18-20(16,13-8-6-2)19-14-15(3)10-12-17-4/h15H,5-14H2,1-4H3. The SMILES string of the molecule is CCCCCOP(=O)(CCCC)OCC(C)CCOC. The van der Waals surface area contributed by atoms with Crippen molar-refractivity contribution in [2.45, 2.75) is 59.3 Å². The van der Waals surface area contributed by atoms with Gasteiger partial charge in [0, 0.05) is 13.7 Å². The Hall–Kier alpha value is 0.110. The number of unbranched alkanes of at least 4 members (excludes halogenated alkanes) is 3. The van der Waals surface area contributed by atoms with Crippen molar-refractivity contribution in [2.24, 2.45) is 5.92 Å². The van der Waals surface area contributed by atoms with Crippen molar-refractivity contribution >= 4 is 7.60 Å². The molecular weight excluding hydrogens is 275 g/mol. The van der Waals surface area contributed by atoms with Crippen molar-refractivity contribution in [1.29, 1.82) is 0 Å². The van der Waals surface area contributed by atoms with Crippen LogP contribution in [0.5, 0.6) is 0 Å². The average Bonchev–Trinajstić information content (AvgIpc) is 2.45. The Bertz CT molecular complexity index is 258. The third kappa shape index (κ3) is 10.8. The summed E-state index contributed by atoms with van der Waals surface area (Å²) in [6, 6.07) is 0. The number of rotatable bonds is 14. The van der Waals surface area contributed by atoms with Gasteiger partial charge in [-0.3, -0.25) is 4.57 Å². The Morgan fingerprint density at radius 1 is 1.00 bits per heavy atom. The largest absolute Gasteiger partial charge is 0.385 e. The minimum absolute atomic E-state index is 0.337. The molecule has 0 aromatic carbocycles. The lowest BCUT2D eigenvalue weighted by Gasteiger charge is -2.20. The van der Waals surface area contributed by atoms with Crippen molar-refractivity contribution in [2.75, 3.05) is 33.1 Å². The first-order valence-corrected chi connectivity index (χ1v) is 9.67. The average molecular weight is 308 g/mol. The normalized spacial score (nSPS) is 16.0. The summed E-state index contributed by atoms with van der Waals surface area (Å²) < 4.78 is 28.9. The predicted octanol–water partition coefficient (Wildman–Crippen LogP) is 4.88. The lowest BCUT2D eigenvalue weighted by molar-refractivity contribution is 0.144. The second-order valence-electron chi connectivity index (χ2n) is 5.41. The maximum Gasteiger partial charge on any atom is 0.330 e. The molecule has 122 valence electrons. The van der Waals surface area contributed by atoms with E-state index in [2.05, 4.69) is 20.8 Å². The van der Waals surface area contributed by atoms with Gasteiger partial charge in [0.2, 0.25) is 0 Å². The molecule has 0 amide bonds. The summed E-state index contributed by atoms with van der Waals surface area (Å²) in [4.78, 5) is 0. The van der Waals surface area contributed by atoms with Crippen LogP contribution in [0.15, 0.2) is 0 Å². The topological polar surface area (TPSA) is 44.8 Å². The maximum absolute atomic E-state index is 12.6. The van der Waals surface area contributed by atoms with E-state index in [1.165, 1.54) is 0 Å². The first-order chi connectivity index (χ1) is 9.58. The second kappa shape index (κ2) is 12.8. The van der Waals surface area contributed by atoms with Gasteiger partial charge in [0.1, 0.15) is 0 Å². The first kappa shape index (κ1) is 20.1. The van der Waals surface area contributed by atoms with Crippen LogP contribution in [0.3, 0.4) is 0 Å². The lowest BCUT2D eigenvalue weighted by Crippen LogP contribution is -2.10. The molecule has 0 aliphatic carbocycles. The fourth-order valence-electron chi connectivity index (χ4n) is 1.72. The summed E-state index contributed by atoms with van der Waals surface area (Å²) in [5.74, 6) is 0.337. The quantitative estimate of drug-likeness (QED) is 0.339. The number of methoxy groups -OCH3 is 1. The van der Waals surface area contributed by atoms with E-state index in [1.807, 2.05) is 0 Å². The smallest absolute Gasteiger partial charge is 0.330 e. The van der Waals surface area contributed by atoms with Crippen LogP contribution in [0.1, 0.15) is 59.3 Å². The van der Waals surface area contributed by atoms with E-state index in [9.17, 15) is 4.57 Å². The van der Waals surface area contributed by atoms with Crippen LogP contribution in [0.2, 0.25) is 0 Å². The Balaban J connectivity index is 4.13. The fourth-order valence-corrected chi connectivity index (χ4v) is 3.64. The molecule has 0 heterocycles. The minimum Gasteiger partial charge on any atom is -0.385 e. The third-order valence-corrected chi connectivity index (χ3v) is 5.17. The second-order valence-corrected chi connectivity index (χ2v) is 7.60. The highest BCUT2D eigenvalue weighted by Crippen LogP contribution is 2.49.